The predicted molar refractivity (Wildman–Crippen MR) is 95.2 cm³/mol. The summed E-state index contributed by atoms with van der Waals surface area (Å²) in [6.45, 7) is 6.76. The van der Waals surface area contributed by atoms with E-state index in [1.165, 1.54) is 24.2 Å². The Kier molecular flexibility index (Phi) is 3.18. The Morgan fingerprint density at radius 3 is 2.38 bits per heavy atom. The maximum absolute atomic E-state index is 12.8. The van der Waals surface area contributed by atoms with Gasteiger partial charge in [-0.05, 0) is 67.6 Å². The topological polar surface area (TPSA) is 66.8 Å². The maximum Gasteiger partial charge on any atom is 0.263 e. The van der Waals surface area contributed by atoms with Crippen LogP contribution in [0.3, 0.4) is 0 Å². The Morgan fingerprint density at radius 2 is 1.81 bits per heavy atom. The highest BCUT2D eigenvalue weighted by molar-refractivity contribution is 6.27. The zero-order valence-corrected chi connectivity index (χ0v) is 16.0. The minimum absolute atomic E-state index is 0.0377. The van der Waals surface area contributed by atoms with Gasteiger partial charge in [0.15, 0.2) is 5.78 Å². The number of carbonyl (C=O) groups is 2. The summed E-state index contributed by atoms with van der Waals surface area (Å²) in [6, 6.07) is -0.550. The number of amides is 1. The first-order chi connectivity index (χ1) is 12.1. The highest BCUT2D eigenvalue weighted by atomic mass is 16.5. The number of nitrogens with zero attached hydrogens (tertiary/aromatic N) is 1. The fourth-order valence-corrected chi connectivity index (χ4v) is 8.15. The summed E-state index contributed by atoms with van der Waals surface area (Å²) in [5.74, 6) is 0.171. The molecule has 4 bridgehead atoms. The van der Waals surface area contributed by atoms with E-state index >= 15 is 0 Å². The van der Waals surface area contributed by atoms with Crippen LogP contribution < -0.4 is 0 Å². The molecule has 0 aromatic carbocycles. The lowest BCUT2D eigenvalue weighted by Gasteiger charge is -2.65. The van der Waals surface area contributed by atoms with Crippen LogP contribution in [-0.4, -0.2) is 40.6 Å². The second-order valence-electron chi connectivity index (χ2n) is 10.7. The molecule has 2 saturated heterocycles. The number of Topliss-reactive ketones (excluding diaryl/α,β-unsaturated/α-hetero) is 1. The van der Waals surface area contributed by atoms with E-state index in [2.05, 4.69) is 13.8 Å². The van der Waals surface area contributed by atoms with Gasteiger partial charge in [0.25, 0.3) is 5.91 Å². The molecule has 142 valence electrons. The average Bonchev–Trinajstić information content (AvgIpc) is 2.94. The van der Waals surface area contributed by atoms with Crippen molar-refractivity contribution in [2.75, 3.05) is 6.73 Å². The zero-order valence-electron chi connectivity index (χ0n) is 16.0. The highest BCUT2D eigenvalue weighted by Crippen LogP contribution is 2.70. The minimum atomic E-state index is -0.550. The fraction of sp³-hybridized carbons (Fsp3) is 0.810. The quantitative estimate of drug-likeness (QED) is 0.466. The van der Waals surface area contributed by atoms with Crippen molar-refractivity contribution in [1.82, 2.24) is 4.90 Å². The van der Waals surface area contributed by atoms with E-state index in [0.717, 1.165) is 25.2 Å². The lowest BCUT2D eigenvalue weighted by Crippen LogP contribution is -2.55. The lowest BCUT2D eigenvalue weighted by atomic mass is 9.40. The second-order valence-corrected chi connectivity index (χ2v) is 10.7. The number of aliphatic hydroxyl groups excluding tert-OH is 1. The van der Waals surface area contributed by atoms with Gasteiger partial charge in [0.1, 0.15) is 24.1 Å². The van der Waals surface area contributed by atoms with Crippen LogP contribution in [0.2, 0.25) is 0 Å². The van der Waals surface area contributed by atoms with Crippen LogP contribution in [-0.2, 0) is 14.3 Å². The average molecular weight is 359 g/mol. The lowest BCUT2D eigenvalue weighted by molar-refractivity contribution is -0.146. The molecule has 0 aromatic heterocycles. The number of ketones is 1. The summed E-state index contributed by atoms with van der Waals surface area (Å²) in [7, 11) is 0. The van der Waals surface area contributed by atoms with Gasteiger partial charge in [-0.1, -0.05) is 13.8 Å². The molecule has 6 rings (SSSR count). The number of ether oxygens (including phenoxy) is 1. The van der Waals surface area contributed by atoms with E-state index < -0.39 is 6.04 Å². The van der Waals surface area contributed by atoms with E-state index in [4.69, 9.17) is 4.74 Å². The molecule has 0 radical (unpaired) electrons. The van der Waals surface area contributed by atoms with E-state index in [1.807, 2.05) is 6.92 Å². The molecule has 1 N–H and O–H groups in total. The molecule has 0 aromatic rings. The molecule has 4 atom stereocenters. The van der Waals surface area contributed by atoms with Crippen LogP contribution in [0.25, 0.3) is 0 Å². The van der Waals surface area contributed by atoms with Crippen molar-refractivity contribution in [2.45, 2.75) is 77.9 Å². The number of hydrogen-bond donors (Lipinski definition) is 1. The summed E-state index contributed by atoms with van der Waals surface area (Å²) in [4.78, 5) is 27.0. The van der Waals surface area contributed by atoms with E-state index in [9.17, 15) is 14.7 Å². The van der Waals surface area contributed by atoms with Gasteiger partial charge in [-0.15, -0.1) is 0 Å². The van der Waals surface area contributed by atoms with Crippen molar-refractivity contribution in [3.05, 3.63) is 11.3 Å². The molecule has 4 saturated carbocycles. The molecule has 6 fully saturated rings. The fourth-order valence-electron chi connectivity index (χ4n) is 8.15. The third-order valence-electron chi connectivity index (χ3n) is 7.82. The molecule has 4 aliphatic carbocycles. The van der Waals surface area contributed by atoms with Gasteiger partial charge in [-0.2, -0.15) is 0 Å². The van der Waals surface area contributed by atoms with Crippen molar-refractivity contribution >= 4 is 11.7 Å². The Morgan fingerprint density at radius 1 is 1.15 bits per heavy atom. The van der Waals surface area contributed by atoms with Crippen LogP contribution in [0, 0.1) is 22.2 Å². The van der Waals surface area contributed by atoms with E-state index in [0.29, 0.717) is 17.3 Å². The zero-order chi connectivity index (χ0) is 18.5. The summed E-state index contributed by atoms with van der Waals surface area (Å²) < 4.78 is 5.43. The molecule has 2 heterocycles. The third kappa shape index (κ3) is 2.19. The number of rotatable bonds is 2. The predicted octanol–water partition coefficient (Wildman–Crippen LogP) is 3.34. The number of allylic oxidation sites excluding steroid dienone is 1. The molecule has 5 heteroatoms. The molecule has 26 heavy (non-hydrogen) atoms. The number of carbonyl (C=O) groups excluding carboxylic acids is 2. The smallest absolute Gasteiger partial charge is 0.263 e. The summed E-state index contributed by atoms with van der Waals surface area (Å²) in [5.41, 5.74) is 0.794. The monoisotopic (exact) mass is 359 g/mol. The van der Waals surface area contributed by atoms with Gasteiger partial charge < -0.3 is 14.7 Å². The van der Waals surface area contributed by atoms with Gasteiger partial charge in [0, 0.05) is 6.42 Å². The van der Waals surface area contributed by atoms with Gasteiger partial charge in [-0.3, -0.25) is 9.59 Å². The third-order valence-corrected chi connectivity index (χ3v) is 7.82. The summed E-state index contributed by atoms with van der Waals surface area (Å²) in [5, 5.41) is 10.9. The summed E-state index contributed by atoms with van der Waals surface area (Å²) >= 11 is 0. The van der Waals surface area contributed by atoms with E-state index in [-0.39, 0.29) is 41.3 Å². The Hall–Kier alpha value is -1.36. The van der Waals surface area contributed by atoms with Gasteiger partial charge >= 0.3 is 0 Å². The van der Waals surface area contributed by atoms with E-state index in [1.54, 1.807) is 0 Å². The molecule has 0 spiro atoms. The molecule has 4 unspecified atom stereocenters. The number of fused-ring (bicyclic) bond motifs is 1. The van der Waals surface area contributed by atoms with Crippen LogP contribution in [0.4, 0.5) is 0 Å². The van der Waals surface area contributed by atoms with Crippen molar-refractivity contribution in [3.8, 4) is 0 Å². The van der Waals surface area contributed by atoms with Crippen LogP contribution in [0.15, 0.2) is 11.3 Å². The molecule has 2 aliphatic heterocycles. The van der Waals surface area contributed by atoms with Crippen molar-refractivity contribution in [1.29, 1.82) is 0 Å². The number of aliphatic hydroxyl groups is 1. The SMILES string of the molecule is CC1OCN2C(=O)/C(=C(\O)CC34CC5CC(C)(CC(C)(C5)C3)C4)C(=O)C12. The molecular weight excluding hydrogens is 330 g/mol. The first kappa shape index (κ1) is 16.8. The standard InChI is InChI=1S/C21H29NO4/c1-12-16-17(24)15(18(25)22(16)11-26-12)14(23)7-21-6-13-4-19(2,9-21)8-20(3,5-13)10-21/h12-13,16,23H,4-11H2,1-3H3/b15-14-. The normalized spacial score (nSPS) is 51.3. The van der Waals surface area contributed by atoms with Crippen molar-refractivity contribution in [2.24, 2.45) is 22.2 Å². The maximum atomic E-state index is 12.8. The van der Waals surface area contributed by atoms with Gasteiger partial charge in [0.05, 0.1) is 6.10 Å². The van der Waals surface area contributed by atoms with Gasteiger partial charge in [0.2, 0.25) is 0 Å². The highest BCUT2D eigenvalue weighted by Gasteiger charge is 2.60. The van der Waals surface area contributed by atoms with Crippen LogP contribution in [0.5, 0.6) is 0 Å². The van der Waals surface area contributed by atoms with Crippen molar-refractivity contribution in [3.63, 3.8) is 0 Å². The van der Waals surface area contributed by atoms with Crippen molar-refractivity contribution < 1.29 is 19.4 Å². The largest absolute Gasteiger partial charge is 0.511 e. The minimum Gasteiger partial charge on any atom is -0.511 e. The van der Waals surface area contributed by atoms with Crippen LogP contribution in [0.1, 0.15) is 65.7 Å². The Labute approximate surface area is 154 Å². The molecule has 5 nitrogen and oxygen atoms in total. The first-order valence-corrected chi connectivity index (χ1v) is 10.0. The van der Waals surface area contributed by atoms with Gasteiger partial charge in [-0.25, -0.2) is 0 Å². The molecule has 1 amide bonds. The Balaban J connectivity index is 1.47. The second kappa shape index (κ2) is 4.92. The first-order valence-electron chi connectivity index (χ1n) is 10.0. The molecular formula is C21H29NO4. The number of hydrogen-bond acceptors (Lipinski definition) is 4. The summed E-state index contributed by atoms with van der Waals surface area (Å²) in [6.07, 6.45) is 7.40. The Bertz CT molecular complexity index is 722. The van der Waals surface area contributed by atoms with Crippen LogP contribution >= 0.6 is 0 Å². The molecule has 6 aliphatic rings.